The largest absolute Gasteiger partial charge is 0.507 e. The molecule has 1 amide bonds. The number of carbonyl (C=O) groups excluding carboxylic acids is 2. The Hall–Kier alpha value is -2.92. The van der Waals surface area contributed by atoms with Crippen molar-refractivity contribution in [2.24, 2.45) is 0 Å². The standard InChI is InChI=1S/C24H25NO4/c1-15-10-11-18(13-16(15)2)22(26)20-21(17-7-4-3-5-8-17)25(24(28)23(20)27)14-19-9-6-12-29-19/h3-5,7-8,10-11,13,19,21,26H,6,9,12,14H2,1-2H3/b22-20-. The van der Waals surface area contributed by atoms with Crippen molar-refractivity contribution in [2.75, 3.05) is 13.2 Å². The van der Waals surface area contributed by atoms with Gasteiger partial charge in [0.05, 0.1) is 17.7 Å². The Morgan fingerprint density at radius 3 is 2.52 bits per heavy atom. The molecular weight excluding hydrogens is 366 g/mol. The van der Waals surface area contributed by atoms with Crippen LogP contribution in [0.3, 0.4) is 0 Å². The summed E-state index contributed by atoms with van der Waals surface area (Å²) in [6, 6.07) is 14.3. The molecule has 5 heteroatoms. The number of likely N-dealkylation sites (tertiary alicyclic amines) is 1. The minimum atomic E-state index is -0.646. The number of hydrogen-bond acceptors (Lipinski definition) is 4. The fraction of sp³-hybridized carbons (Fsp3) is 0.333. The van der Waals surface area contributed by atoms with Crippen LogP contribution in [-0.2, 0) is 14.3 Å². The monoisotopic (exact) mass is 391 g/mol. The highest BCUT2D eigenvalue weighted by molar-refractivity contribution is 6.46. The van der Waals surface area contributed by atoms with Gasteiger partial charge in [0.25, 0.3) is 11.7 Å². The number of benzene rings is 2. The number of carbonyl (C=O) groups is 2. The van der Waals surface area contributed by atoms with Crippen molar-refractivity contribution in [3.63, 3.8) is 0 Å². The Kier molecular flexibility index (Phi) is 5.24. The lowest BCUT2D eigenvalue weighted by molar-refractivity contribution is -0.140. The number of nitrogens with zero attached hydrogens (tertiary/aromatic N) is 1. The molecule has 2 saturated heterocycles. The van der Waals surface area contributed by atoms with E-state index in [0.717, 1.165) is 29.5 Å². The second-order valence-electron chi connectivity index (χ2n) is 7.80. The van der Waals surface area contributed by atoms with E-state index in [-0.39, 0.29) is 17.4 Å². The molecule has 2 heterocycles. The molecule has 2 aromatic rings. The first-order valence-electron chi connectivity index (χ1n) is 10.00. The van der Waals surface area contributed by atoms with E-state index in [1.54, 1.807) is 11.0 Å². The molecule has 0 aliphatic carbocycles. The zero-order valence-electron chi connectivity index (χ0n) is 16.7. The summed E-state index contributed by atoms with van der Waals surface area (Å²) in [5.74, 6) is -1.36. The van der Waals surface area contributed by atoms with Crippen molar-refractivity contribution in [2.45, 2.75) is 38.8 Å². The van der Waals surface area contributed by atoms with E-state index in [1.807, 2.05) is 56.3 Å². The Morgan fingerprint density at radius 1 is 1.10 bits per heavy atom. The number of hydrogen-bond donors (Lipinski definition) is 1. The van der Waals surface area contributed by atoms with Gasteiger partial charge in [-0.1, -0.05) is 42.5 Å². The quantitative estimate of drug-likeness (QED) is 0.488. The van der Waals surface area contributed by atoms with Crippen LogP contribution in [0.2, 0.25) is 0 Å². The molecule has 2 aliphatic heterocycles. The second kappa shape index (κ2) is 7.84. The molecule has 2 unspecified atom stereocenters. The predicted octanol–water partition coefficient (Wildman–Crippen LogP) is 3.90. The second-order valence-corrected chi connectivity index (χ2v) is 7.80. The number of aryl methyl sites for hydroxylation is 2. The van der Waals surface area contributed by atoms with Gasteiger partial charge in [-0.25, -0.2) is 0 Å². The summed E-state index contributed by atoms with van der Waals surface area (Å²) in [5, 5.41) is 11.1. The van der Waals surface area contributed by atoms with Crippen molar-refractivity contribution in [1.82, 2.24) is 4.90 Å². The van der Waals surface area contributed by atoms with E-state index in [2.05, 4.69) is 0 Å². The minimum Gasteiger partial charge on any atom is -0.507 e. The van der Waals surface area contributed by atoms with E-state index >= 15 is 0 Å². The number of amides is 1. The lowest BCUT2D eigenvalue weighted by Crippen LogP contribution is -2.36. The average molecular weight is 391 g/mol. The Bertz CT molecular complexity index is 974. The zero-order valence-corrected chi connectivity index (χ0v) is 16.7. The smallest absolute Gasteiger partial charge is 0.295 e. The number of aliphatic hydroxyl groups is 1. The van der Waals surface area contributed by atoms with Gasteiger partial charge in [0.15, 0.2) is 0 Å². The molecule has 2 fully saturated rings. The van der Waals surface area contributed by atoms with Gasteiger partial charge in [-0.05, 0) is 49.4 Å². The molecular formula is C24H25NO4. The van der Waals surface area contributed by atoms with Gasteiger partial charge >= 0.3 is 0 Å². The van der Waals surface area contributed by atoms with Gasteiger partial charge < -0.3 is 14.7 Å². The molecule has 0 spiro atoms. The van der Waals surface area contributed by atoms with E-state index in [1.165, 1.54) is 0 Å². The van der Waals surface area contributed by atoms with Crippen molar-refractivity contribution in [3.05, 3.63) is 76.4 Å². The van der Waals surface area contributed by atoms with Gasteiger partial charge in [-0.15, -0.1) is 0 Å². The number of rotatable bonds is 4. The van der Waals surface area contributed by atoms with Gasteiger partial charge in [0, 0.05) is 18.7 Å². The first-order valence-corrected chi connectivity index (χ1v) is 10.00. The summed E-state index contributed by atoms with van der Waals surface area (Å²) < 4.78 is 5.71. The summed E-state index contributed by atoms with van der Waals surface area (Å²) in [6.07, 6.45) is 1.73. The third-order valence-corrected chi connectivity index (χ3v) is 5.86. The fourth-order valence-corrected chi connectivity index (χ4v) is 4.10. The summed E-state index contributed by atoms with van der Waals surface area (Å²) in [7, 11) is 0. The SMILES string of the molecule is Cc1ccc(/C(O)=C2/C(=O)C(=O)N(CC3CCCO3)C2c2ccccc2)cc1C. The first kappa shape index (κ1) is 19.4. The maximum atomic E-state index is 13.0. The molecule has 29 heavy (non-hydrogen) atoms. The third-order valence-electron chi connectivity index (χ3n) is 5.86. The fourth-order valence-electron chi connectivity index (χ4n) is 4.10. The van der Waals surface area contributed by atoms with Crippen LogP contribution >= 0.6 is 0 Å². The van der Waals surface area contributed by atoms with Crippen molar-refractivity contribution in [1.29, 1.82) is 0 Å². The molecule has 0 radical (unpaired) electrons. The van der Waals surface area contributed by atoms with E-state index in [4.69, 9.17) is 4.74 Å². The number of ether oxygens (including phenoxy) is 1. The summed E-state index contributed by atoms with van der Waals surface area (Å²) in [5.41, 5.74) is 3.60. The topological polar surface area (TPSA) is 66.8 Å². The highest BCUT2D eigenvalue weighted by Crippen LogP contribution is 2.40. The van der Waals surface area contributed by atoms with Crippen LogP contribution in [0, 0.1) is 13.8 Å². The average Bonchev–Trinajstić information content (AvgIpc) is 3.32. The third kappa shape index (κ3) is 3.58. The van der Waals surface area contributed by atoms with Gasteiger partial charge in [-0.3, -0.25) is 9.59 Å². The van der Waals surface area contributed by atoms with E-state index < -0.39 is 17.7 Å². The highest BCUT2D eigenvalue weighted by atomic mass is 16.5. The summed E-state index contributed by atoms with van der Waals surface area (Å²) >= 11 is 0. The van der Waals surface area contributed by atoms with Crippen LogP contribution in [0.25, 0.3) is 5.76 Å². The lowest BCUT2D eigenvalue weighted by Gasteiger charge is -2.27. The first-order chi connectivity index (χ1) is 14.0. The molecule has 5 nitrogen and oxygen atoms in total. The van der Waals surface area contributed by atoms with Gasteiger partial charge in [0.1, 0.15) is 5.76 Å². The zero-order chi connectivity index (χ0) is 20.5. The van der Waals surface area contributed by atoms with Gasteiger partial charge in [0.2, 0.25) is 0 Å². The normalized spacial score (nSPS) is 23.7. The predicted molar refractivity (Wildman–Crippen MR) is 110 cm³/mol. The maximum Gasteiger partial charge on any atom is 0.295 e. The Morgan fingerprint density at radius 2 is 1.86 bits per heavy atom. The Balaban J connectivity index is 1.82. The van der Waals surface area contributed by atoms with Crippen LogP contribution in [-0.4, -0.2) is 41.0 Å². The molecule has 0 saturated carbocycles. The van der Waals surface area contributed by atoms with Crippen molar-refractivity contribution in [3.8, 4) is 0 Å². The molecule has 0 aromatic heterocycles. The highest BCUT2D eigenvalue weighted by Gasteiger charge is 2.46. The van der Waals surface area contributed by atoms with Crippen LogP contribution in [0.1, 0.15) is 41.1 Å². The molecule has 1 N–H and O–H groups in total. The molecule has 0 bridgehead atoms. The van der Waals surface area contributed by atoms with Crippen molar-refractivity contribution >= 4 is 17.4 Å². The number of aliphatic hydroxyl groups excluding tert-OH is 1. The van der Waals surface area contributed by atoms with Crippen LogP contribution in [0.5, 0.6) is 0 Å². The molecule has 150 valence electrons. The van der Waals surface area contributed by atoms with E-state index in [9.17, 15) is 14.7 Å². The molecule has 2 aliphatic rings. The lowest BCUT2D eigenvalue weighted by atomic mass is 9.94. The summed E-state index contributed by atoms with van der Waals surface area (Å²) in [6.45, 7) is 4.96. The minimum absolute atomic E-state index is 0.0823. The van der Waals surface area contributed by atoms with Crippen LogP contribution in [0.4, 0.5) is 0 Å². The van der Waals surface area contributed by atoms with Gasteiger partial charge in [-0.2, -0.15) is 0 Å². The molecule has 2 atom stereocenters. The summed E-state index contributed by atoms with van der Waals surface area (Å²) in [4.78, 5) is 27.5. The molecule has 2 aromatic carbocycles. The number of ketones is 1. The van der Waals surface area contributed by atoms with E-state index in [0.29, 0.717) is 18.7 Å². The van der Waals surface area contributed by atoms with Crippen LogP contribution < -0.4 is 0 Å². The maximum absolute atomic E-state index is 13.0. The van der Waals surface area contributed by atoms with Crippen LogP contribution in [0.15, 0.2) is 54.1 Å². The molecule has 4 rings (SSSR count). The van der Waals surface area contributed by atoms with Crippen molar-refractivity contribution < 1.29 is 19.4 Å². The Labute approximate surface area is 170 Å². The number of Topliss-reactive ketones (excluding diaryl/α,β-unsaturated/α-hetero) is 1.